The highest BCUT2D eigenvalue weighted by molar-refractivity contribution is 7.16. The van der Waals surface area contributed by atoms with E-state index in [1.807, 2.05) is 18.7 Å². The molecule has 0 bridgehead atoms. The lowest BCUT2D eigenvalue weighted by Gasteiger charge is -2.47. The van der Waals surface area contributed by atoms with Gasteiger partial charge in [-0.3, -0.25) is 9.59 Å². The summed E-state index contributed by atoms with van der Waals surface area (Å²) in [4.78, 5) is 37.3. The molecule has 4 N–H and O–H groups in total. The van der Waals surface area contributed by atoms with Gasteiger partial charge in [0.1, 0.15) is 11.3 Å². The number of H-pyrrole nitrogens is 1. The Labute approximate surface area is 273 Å². The number of aromatic amines is 1. The summed E-state index contributed by atoms with van der Waals surface area (Å²) in [6, 6.07) is 3.20. The predicted octanol–water partition coefficient (Wildman–Crippen LogP) is 4.66. The summed E-state index contributed by atoms with van der Waals surface area (Å²) in [5.74, 6) is 0.226. The third-order valence-electron chi connectivity index (χ3n) is 9.29. The van der Waals surface area contributed by atoms with E-state index < -0.39 is 6.10 Å². The maximum Gasteiger partial charge on any atom is 0.305 e. The number of carbonyl (C=O) groups excluding carboxylic acids is 1. The van der Waals surface area contributed by atoms with Crippen LogP contribution in [0.5, 0.6) is 5.75 Å². The molecule has 0 saturated carbocycles. The first kappa shape index (κ1) is 34.0. The van der Waals surface area contributed by atoms with Crippen molar-refractivity contribution in [1.82, 2.24) is 25.1 Å². The molecule has 10 nitrogen and oxygen atoms in total. The van der Waals surface area contributed by atoms with Gasteiger partial charge in [0.25, 0.3) is 0 Å². The summed E-state index contributed by atoms with van der Waals surface area (Å²) in [5, 5.41) is 24.9. The van der Waals surface area contributed by atoms with Crippen LogP contribution >= 0.6 is 22.7 Å². The minimum Gasteiger partial charge on any atom is -0.506 e. The Morgan fingerprint density at radius 2 is 1.82 bits per heavy atom. The van der Waals surface area contributed by atoms with Crippen molar-refractivity contribution >= 4 is 38.8 Å². The molecule has 248 valence electrons. The number of phenols is 1. The van der Waals surface area contributed by atoms with Crippen molar-refractivity contribution in [1.29, 1.82) is 0 Å². The molecule has 12 heteroatoms. The Hall–Kier alpha value is -2.35. The Morgan fingerprint density at radius 1 is 1.09 bits per heavy atom. The van der Waals surface area contributed by atoms with Crippen molar-refractivity contribution in [2.75, 3.05) is 52.4 Å². The van der Waals surface area contributed by atoms with Gasteiger partial charge in [0.05, 0.1) is 40.1 Å². The van der Waals surface area contributed by atoms with E-state index in [0.717, 1.165) is 72.4 Å². The van der Waals surface area contributed by atoms with Crippen LogP contribution in [0, 0.1) is 13.8 Å². The number of benzene rings is 1. The van der Waals surface area contributed by atoms with E-state index in [4.69, 9.17) is 4.74 Å². The average Bonchev–Trinajstić information content (AvgIpc) is 3.57. The van der Waals surface area contributed by atoms with Crippen molar-refractivity contribution in [2.45, 2.75) is 89.8 Å². The molecule has 2 fully saturated rings. The molecular weight excluding hydrogens is 611 g/mol. The molecule has 2 saturated heterocycles. The number of phenolic OH excluding ortho intramolecular Hbond substituents is 1. The van der Waals surface area contributed by atoms with Gasteiger partial charge >= 0.3 is 4.87 Å². The quantitative estimate of drug-likeness (QED) is 0.174. The maximum absolute atomic E-state index is 13.1. The number of nitrogens with one attached hydrogen (secondary N) is 2. The number of carbonyl (C=O) groups is 1. The molecule has 1 aromatic carbocycles. The molecule has 1 unspecified atom stereocenters. The van der Waals surface area contributed by atoms with E-state index in [-0.39, 0.29) is 22.1 Å². The number of likely N-dealkylation sites (tertiary alicyclic amines) is 1. The SMILES string of the molecule is Cc1nc(C)c(CC(=O)N2CCOC3(CCN(CCCCCCCCCNCC(O)c4ccc(O)c5[nH]c(=O)sc45)CC3)C2)s1. The number of hydrogen-bond donors (Lipinski definition) is 4. The molecule has 2 aromatic heterocycles. The highest BCUT2D eigenvalue weighted by Crippen LogP contribution is 2.32. The Balaban J connectivity index is 0.884. The van der Waals surface area contributed by atoms with E-state index in [2.05, 4.69) is 20.2 Å². The van der Waals surface area contributed by atoms with Crippen LogP contribution in [0.3, 0.4) is 0 Å². The van der Waals surface area contributed by atoms with E-state index in [0.29, 0.717) is 48.4 Å². The number of aliphatic hydroxyl groups excluding tert-OH is 1. The summed E-state index contributed by atoms with van der Waals surface area (Å²) < 4.78 is 6.92. The second-order valence-electron chi connectivity index (χ2n) is 12.7. The molecule has 1 atom stereocenters. The third kappa shape index (κ3) is 9.14. The number of morpholine rings is 1. The lowest BCUT2D eigenvalue weighted by Crippen LogP contribution is -2.58. The molecule has 4 heterocycles. The smallest absolute Gasteiger partial charge is 0.305 e. The fourth-order valence-electron chi connectivity index (χ4n) is 6.65. The monoisotopic (exact) mass is 659 g/mol. The van der Waals surface area contributed by atoms with Crippen LogP contribution in [0.15, 0.2) is 16.9 Å². The number of unbranched alkanes of at least 4 members (excludes halogenated alkanes) is 6. The zero-order valence-electron chi connectivity index (χ0n) is 26.7. The standard InChI is InChI=1S/C33H49N5O5S2/c1-23-28(44-24(2)35-23)20-29(41)38-18-19-43-33(22-38)12-16-37(17-13-33)15-9-7-5-3-4-6-8-14-34-21-27(40)25-10-11-26(39)30-31(25)45-32(42)36-30/h10-11,27,34,39-40H,3-9,12-22H2,1-2H3,(H,36,42). The number of ether oxygens (including phenoxy) is 1. The largest absolute Gasteiger partial charge is 0.506 e. The van der Waals surface area contributed by atoms with Crippen LogP contribution in [-0.4, -0.2) is 93.9 Å². The molecule has 0 radical (unpaired) electrons. The molecule has 2 aliphatic heterocycles. The molecule has 45 heavy (non-hydrogen) atoms. The predicted molar refractivity (Wildman–Crippen MR) is 180 cm³/mol. The number of aromatic nitrogens is 2. The molecule has 2 aliphatic rings. The van der Waals surface area contributed by atoms with E-state index in [1.165, 1.54) is 44.6 Å². The Bertz CT molecular complexity index is 1460. The zero-order valence-corrected chi connectivity index (χ0v) is 28.4. The zero-order chi connectivity index (χ0) is 31.8. The van der Waals surface area contributed by atoms with Crippen molar-refractivity contribution in [3.8, 4) is 5.75 Å². The number of aryl methyl sites for hydroxylation is 2. The van der Waals surface area contributed by atoms with Gasteiger partial charge in [0.15, 0.2) is 0 Å². The topological polar surface area (TPSA) is 131 Å². The lowest BCUT2D eigenvalue weighted by molar-refractivity contribution is -0.158. The van der Waals surface area contributed by atoms with Gasteiger partial charge < -0.3 is 35.1 Å². The number of thiazole rings is 2. The number of nitrogens with zero attached hydrogens (tertiary/aromatic N) is 3. The van der Waals surface area contributed by atoms with Gasteiger partial charge in [-0.25, -0.2) is 4.98 Å². The van der Waals surface area contributed by atoms with E-state index in [9.17, 15) is 19.8 Å². The number of fused-ring (bicyclic) bond motifs is 1. The number of aromatic hydroxyl groups is 1. The molecule has 1 spiro atoms. The maximum atomic E-state index is 13.1. The van der Waals surface area contributed by atoms with Crippen LogP contribution in [0.4, 0.5) is 0 Å². The van der Waals surface area contributed by atoms with Crippen molar-refractivity contribution in [3.05, 3.63) is 42.9 Å². The second kappa shape index (κ2) is 16.0. The molecule has 1 amide bonds. The highest BCUT2D eigenvalue weighted by Gasteiger charge is 2.40. The first-order valence-corrected chi connectivity index (χ1v) is 18.2. The van der Waals surface area contributed by atoms with Crippen LogP contribution in [0.25, 0.3) is 10.2 Å². The third-order valence-corrected chi connectivity index (χ3v) is 11.3. The molecule has 0 aliphatic carbocycles. The number of rotatable bonds is 15. The number of aliphatic hydroxyl groups is 1. The molecule has 5 rings (SSSR count). The fourth-order valence-corrected chi connectivity index (χ4v) is 8.50. The van der Waals surface area contributed by atoms with Gasteiger partial charge in [-0.15, -0.1) is 11.3 Å². The summed E-state index contributed by atoms with van der Waals surface area (Å²) >= 11 is 2.65. The molecule has 3 aromatic rings. The second-order valence-corrected chi connectivity index (χ2v) is 15.0. The van der Waals surface area contributed by atoms with Crippen molar-refractivity contribution in [3.63, 3.8) is 0 Å². The minimum atomic E-state index is -0.729. The Morgan fingerprint density at radius 3 is 2.56 bits per heavy atom. The van der Waals surface area contributed by atoms with Crippen LogP contribution in [-0.2, 0) is 16.0 Å². The van der Waals surface area contributed by atoms with Crippen LogP contribution in [0.1, 0.15) is 85.0 Å². The highest BCUT2D eigenvalue weighted by atomic mass is 32.1. The van der Waals surface area contributed by atoms with Gasteiger partial charge in [0.2, 0.25) is 5.91 Å². The van der Waals surface area contributed by atoms with Crippen molar-refractivity contribution < 1.29 is 19.7 Å². The summed E-state index contributed by atoms with van der Waals surface area (Å²) in [6.07, 6.45) is 10.2. The van der Waals surface area contributed by atoms with E-state index in [1.54, 1.807) is 17.4 Å². The normalized spacial score (nSPS) is 17.8. The summed E-state index contributed by atoms with van der Waals surface area (Å²) in [5.41, 5.74) is 1.86. The van der Waals surface area contributed by atoms with Gasteiger partial charge in [0, 0.05) is 43.2 Å². The lowest BCUT2D eigenvalue weighted by atomic mass is 9.89. The van der Waals surface area contributed by atoms with Gasteiger partial charge in [-0.2, -0.15) is 0 Å². The van der Waals surface area contributed by atoms with Crippen LogP contribution < -0.4 is 10.2 Å². The van der Waals surface area contributed by atoms with Gasteiger partial charge in [-0.1, -0.05) is 49.5 Å². The fraction of sp³-hybridized carbons (Fsp3) is 0.667. The van der Waals surface area contributed by atoms with Gasteiger partial charge in [-0.05, 0) is 58.7 Å². The number of hydrogen-bond acceptors (Lipinski definition) is 10. The molecular formula is C33H49N5O5S2. The van der Waals surface area contributed by atoms with Crippen molar-refractivity contribution in [2.24, 2.45) is 0 Å². The Kier molecular flexibility index (Phi) is 12.1. The summed E-state index contributed by atoms with van der Waals surface area (Å²) in [7, 11) is 0. The minimum absolute atomic E-state index is 0.0254. The average molecular weight is 660 g/mol. The van der Waals surface area contributed by atoms with Crippen LogP contribution in [0.2, 0.25) is 0 Å². The first-order chi connectivity index (χ1) is 21.7. The summed E-state index contributed by atoms with van der Waals surface area (Å²) in [6.45, 7) is 10.5. The first-order valence-electron chi connectivity index (χ1n) is 16.5. The number of piperidine rings is 1. The van der Waals surface area contributed by atoms with E-state index >= 15 is 0 Å². The number of amides is 1.